The predicted molar refractivity (Wildman–Crippen MR) is 42.9 cm³/mol. The monoisotopic (exact) mass is 524 g/mol. The van der Waals surface area contributed by atoms with E-state index in [0.717, 1.165) is 0 Å². The van der Waals surface area contributed by atoms with Gasteiger partial charge in [-0.15, -0.1) is 0 Å². The van der Waals surface area contributed by atoms with Crippen molar-refractivity contribution in [1.29, 1.82) is 0 Å². The predicted octanol–water partition coefficient (Wildman–Crippen LogP) is -4.78. The first-order chi connectivity index (χ1) is 6.00. The molecule has 0 saturated carbocycles. The molecule has 0 aliphatic rings. The second-order valence-electron chi connectivity index (χ2n) is 1.22. The van der Waals surface area contributed by atoms with Crippen LogP contribution < -0.4 is 0 Å². The molecule has 2 radical (unpaired) electrons. The van der Waals surface area contributed by atoms with E-state index >= 15 is 0 Å². The summed E-state index contributed by atoms with van der Waals surface area (Å²) >= 11 is 0. The zero-order valence-electron chi connectivity index (χ0n) is 7.12. The smallest absolute Gasteiger partial charge is 0.759 e. The summed E-state index contributed by atoms with van der Waals surface area (Å²) in [6.45, 7) is 0. The van der Waals surface area contributed by atoms with Crippen LogP contribution in [0, 0.1) is 0 Å². The third-order valence-electron chi connectivity index (χ3n) is 0. The molecular weight excluding hydrogens is 523 g/mol. The van der Waals surface area contributed by atoms with Crippen LogP contribution in [0.15, 0.2) is 0 Å². The molecule has 0 aliphatic carbocycles. The summed E-state index contributed by atoms with van der Waals surface area (Å²) in [5, 5.41) is 0. The molecule has 17 heteroatoms. The molecule has 0 heterocycles. The van der Waals surface area contributed by atoms with Crippen molar-refractivity contribution >= 4 is 69.5 Å². The Hall–Kier alpha value is 0.749. The normalized spacial score (nSPS) is 10.2. The molecule has 0 aliphatic heterocycles. The summed E-state index contributed by atoms with van der Waals surface area (Å²) in [5.74, 6) is 0. The van der Waals surface area contributed by atoms with Crippen LogP contribution in [-0.4, -0.2) is 90.8 Å². The Morgan fingerprint density at radius 3 is 0.471 bits per heavy atom. The van der Waals surface area contributed by atoms with Crippen LogP contribution in [-0.2, 0) is 31.2 Å². The Balaban J connectivity index is -0.0000000400. The van der Waals surface area contributed by atoms with Gasteiger partial charge in [-0.1, -0.05) is 0 Å². The quantitative estimate of drug-likeness (QED) is 0.165. The summed E-state index contributed by atoms with van der Waals surface area (Å²) in [6.07, 6.45) is 0. The van der Waals surface area contributed by atoms with E-state index in [4.69, 9.17) is 52.6 Å². The van der Waals surface area contributed by atoms with Crippen molar-refractivity contribution in [2.75, 3.05) is 0 Å². The van der Waals surface area contributed by atoms with Crippen molar-refractivity contribution in [3.8, 4) is 0 Å². The average Bonchev–Trinajstić information content (AvgIpc) is 1.41. The van der Waals surface area contributed by atoms with Crippen LogP contribution in [0.25, 0.3) is 0 Å². The van der Waals surface area contributed by atoms with E-state index in [2.05, 4.69) is 0 Å². The molecule has 17 heavy (non-hydrogen) atoms. The van der Waals surface area contributed by atoms with Crippen molar-refractivity contribution in [3.63, 3.8) is 0 Å². The first-order valence-electron chi connectivity index (χ1n) is 2.00. The minimum absolute atomic E-state index is 0. The van der Waals surface area contributed by atoms with Crippen LogP contribution in [0.3, 0.4) is 0 Å². The molecule has 0 amide bonds. The van der Waals surface area contributed by atoms with Gasteiger partial charge in [-0.25, -0.2) is 0 Å². The van der Waals surface area contributed by atoms with Gasteiger partial charge in [-0.3, -0.25) is 25.3 Å². The third kappa shape index (κ3) is 6500. The molecule has 0 atom stereocenters. The Labute approximate surface area is 121 Å². The molecule has 0 bridgehead atoms. The van der Waals surface area contributed by atoms with Crippen LogP contribution in [0.4, 0.5) is 0 Å². The van der Waals surface area contributed by atoms with Crippen molar-refractivity contribution < 1.29 is 52.6 Å². The van der Waals surface area contributed by atoms with Gasteiger partial charge in [0.25, 0.3) is 0 Å². The second-order valence-corrected chi connectivity index (χ2v) is 3.67. The maximum absolute atomic E-state index is 8.52. The Morgan fingerprint density at radius 2 is 0.471 bits per heavy atom. The largest absolute Gasteiger partial charge is 4.00 e. The summed E-state index contributed by atoms with van der Waals surface area (Å²) in [7, 11) is -15.5. The van der Waals surface area contributed by atoms with E-state index in [9.17, 15) is 0 Å². The van der Waals surface area contributed by atoms with Crippen LogP contribution >= 0.6 is 0 Å². The van der Waals surface area contributed by atoms with Crippen LogP contribution in [0.2, 0.25) is 0 Å². The summed E-state index contributed by atoms with van der Waals surface area (Å²) in [6, 6.07) is 0. The maximum Gasteiger partial charge on any atom is 4.00 e. The summed E-state index contributed by atoms with van der Waals surface area (Å²) < 4.78 is 102. The Morgan fingerprint density at radius 1 is 0.471 bits per heavy atom. The molecule has 0 fully saturated rings. The number of hydrogen-bond acceptors (Lipinski definition) is 12. The topological polar surface area (TPSA) is 241 Å². The molecule has 0 spiro atoms. The average molecular weight is 523 g/mol. The zero-order valence-corrected chi connectivity index (χ0v) is 14.5. The fourth-order valence-corrected chi connectivity index (χ4v) is 0. The van der Waals surface area contributed by atoms with Gasteiger partial charge in [0.15, 0.2) is 0 Å². The van der Waals surface area contributed by atoms with E-state index in [0.29, 0.717) is 0 Å². The number of rotatable bonds is 0. The first kappa shape index (κ1) is 30.6. The SMILES string of the molecule is O=S(=O)([O-])[O-].O=S(=O)([O-])[O-].O=S(=O)([O-])[O-].[Pb+2].[Si+4]. The third-order valence-corrected chi connectivity index (χ3v) is 0. The maximum atomic E-state index is 8.52. The fraction of sp³-hybridized carbons (Fsp3) is 0. The molecule has 0 saturated heterocycles. The van der Waals surface area contributed by atoms with Crippen LogP contribution in [0.5, 0.6) is 0 Å². The van der Waals surface area contributed by atoms with E-state index in [1.807, 2.05) is 0 Å². The zero-order chi connectivity index (χ0) is 13.5. The summed E-state index contributed by atoms with van der Waals surface area (Å²) in [5.41, 5.74) is 0. The molecule has 98 valence electrons. The molecule has 0 aromatic carbocycles. The van der Waals surface area contributed by atoms with Crippen LogP contribution in [0.1, 0.15) is 0 Å². The minimum Gasteiger partial charge on any atom is -0.759 e. The first-order valence-corrected chi connectivity index (χ1v) is 6.00. The van der Waals surface area contributed by atoms with E-state index < -0.39 is 31.2 Å². The Kier molecular flexibility index (Phi) is 21.3. The van der Waals surface area contributed by atoms with E-state index in [1.54, 1.807) is 0 Å². The van der Waals surface area contributed by atoms with E-state index in [-0.39, 0.29) is 38.3 Å². The molecule has 12 nitrogen and oxygen atoms in total. The van der Waals surface area contributed by atoms with Gasteiger partial charge in [0.1, 0.15) is 0 Å². The standard InChI is InChI=1S/3H2O4S.Pb.Si/c3*1-5(2,3)4;;/h3*(H2,1,2,3,4);;/q;;;+2;+4/p-6. The van der Waals surface area contributed by atoms with Crippen molar-refractivity contribution in [1.82, 2.24) is 0 Å². The molecule has 0 rings (SSSR count). The van der Waals surface area contributed by atoms with Crippen molar-refractivity contribution in [3.05, 3.63) is 0 Å². The number of hydrogen-bond donors (Lipinski definition) is 0. The molecule has 0 aromatic rings. The molecule has 0 unspecified atom stereocenters. The van der Waals surface area contributed by atoms with Gasteiger partial charge in [-0.2, -0.15) is 0 Å². The van der Waals surface area contributed by atoms with Gasteiger partial charge < -0.3 is 27.3 Å². The van der Waals surface area contributed by atoms with Gasteiger partial charge in [0, 0.05) is 31.2 Å². The molecule has 0 aromatic heterocycles. The molecule has 0 N–H and O–H groups in total. The van der Waals surface area contributed by atoms with Gasteiger partial charge in [0.2, 0.25) is 0 Å². The van der Waals surface area contributed by atoms with Crippen molar-refractivity contribution in [2.45, 2.75) is 0 Å². The fourth-order valence-electron chi connectivity index (χ4n) is 0. The summed E-state index contributed by atoms with van der Waals surface area (Å²) in [4.78, 5) is 0. The van der Waals surface area contributed by atoms with E-state index in [1.165, 1.54) is 0 Å². The minimum atomic E-state index is -5.17. The van der Waals surface area contributed by atoms with Gasteiger partial charge in [-0.05, 0) is 0 Å². The second kappa shape index (κ2) is 11.8. The molecular formula is O12PbS3Si. The van der Waals surface area contributed by atoms with Gasteiger partial charge in [0.05, 0.1) is 0 Å². The van der Waals surface area contributed by atoms with Crippen molar-refractivity contribution in [2.24, 2.45) is 0 Å². The Bertz CT molecular complexity index is 343. The van der Waals surface area contributed by atoms with Gasteiger partial charge >= 0.3 is 38.3 Å².